The third-order valence-corrected chi connectivity index (χ3v) is 4.97. The summed E-state index contributed by atoms with van der Waals surface area (Å²) in [4.78, 5) is 4.32. The summed E-state index contributed by atoms with van der Waals surface area (Å²) in [6.45, 7) is 2.90. The van der Waals surface area contributed by atoms with Gasteiger partial charge in [-0.3, -0.25) is 0 Å². The number of rotatable bonds is 4. The average molecular weight is 248 g/mol. The van der Waals surface area contributed by atoms with Crippen LogP contribution in [0.3, 0.4) is 0 Å². The van der Waals surface area contributed by atoms with Crippen molar-refractivity contribution in [2.24, 2.45) is 5.41 Å². The summed E-state index contributed by atoms with van der Waals surface area (Å²) in [5.74, 6) is 1.84. The van der Waals surface area contributed by atoms with E-state index in [1.807, 2.05) is 6.20 Å². The second kappa shape index (κ2) is 5.04. The fourth-order valence-corrected chi connectivity index (χ4v) is 3.67. The van der Waals surface area contributed by atoms with Crippen LogP contribution in [0.1, 0.15) is 63.5 Å². The van der Waals surface area contributed by atoms with Gasteiger partial charge in [-0.15, -0.1) is 0 Å². The molecule has 0 bridgehead atoms. The molecule has 18 heavy (non-hydrogen) atoms. The van der Waals surface area contributed by atoms with Crippen LogP contribution in [0.25, 0.3) is 0 Å². The predicted octanol–water partition coefficient (Wildman–Crippen LogP) is 3.44. The van der Waals surface area contributed by atoms with Gasteiger partial charge < -0.3 is 9.73 Å². The van der Waals surface area contributed by atoms with Crippen molar-refractivity contribution in [1.29, 1.82) is 0 Å². The minimum absolute atomic E-state index is 0.623. The molecule has 100 valence electrons. The first-order valence-electron chi connectivity index (χ1n) is 7.49. The Hall–Kier alpha value is -0.830. The zero-order valence-corrected chi connectivity index (χ0v) is 11.4. The van der Waals surface area contributed by atoms with E-state index >= 15 is 0 Å². The van der Waals surface area contributed by atoms with E-state index in [-0.39, 0.29) is 0 Å². The summed E-state index contributed by atoms with van der Waals surface area (Å²) < 4.78 is 5.65. The normalized spacial score (nSPS) is 26.2. The summed E-state index contributed by atoms with van der Waals surface area (Å²) in [6, 6.07) is 0.703. The van der Waals surface area contributed by atoms with Crippen LogP contribution in [0.4, 0.5) is 0 Å². The van der Waals surface area contributed by atoms with E-state index in [0.29, 0.717) is 11.5 Å². The largest absolute Gasteiger partial charge is 0.444 e. The monoisotopic (exact) mass is 248 g/mol. The molecule has 1 aromatic rings. The quantitative estimate of drug-likeness (QED) is 0.887. The Morgan fingerprint density at radius 1 is 1.33 bits per heavy atom. The van der Waals surface area contributed by atoms with Crippen LogP contribution in [0, 0.1) is 5.41 Å². The van der Waals surface area contributed by atoms with Crippen molar-refractivity contribution >= 4 is 0 Å². The van der Waals surface area contributed by atoms with Gasteiger partial charge in [0.25, 0.3) is 0 Å². The summed E-state index contributed by atoms with van der Waals surface area (Å²) in [6.07, 6.45) is 12.7. The van der Waals surface area contributed by atoms with Crippen molar-refractivity contribution < 1.29 is 4.42 Å². The van der Waals surface area contributed by atoms with E-state index < -0.39 is 0 Å². The summed E-state index contributed by atoms with van der Waals surface area (Å²) in [5, 5.41) is 3.68. The first kappa shape index (κ1) is 12.2. The van der Waals surface area contributed by atoms with Crippen molar-refractivity contribution in [3.05, 3.63) is 17.8 Å². The van der Waals surface area contributed by atoms with Gasteiger partial charge in [0.15, 0.2) is 0 Å². The van der Waals surface area contributed by atoms with E-state index in [1.54, 1.807) is 0 Å². The molecule has 2 fully saturated rings. The number of nitrogens with zero attached hydrogens (tertiary/aromatic N) is 1. The summed E-state index contributed by atoms with van der Waals surface area (Å²) in [5.41, 5.74) is 0.623. The highest BCUT2D eigenvalue weighted by Crippen LogP contribution is 2.51. The van der Waals surface area contributed by atoms with Crippen LogP contribution in [-0.2, 0) is 13.0 Å². The van der Waals surface area contributed by atoms with Gasteiger partial charge in [0.05, 0.1) is 12.7 Å². The van der Waals surface area contributed by atoms with E-state index in [1.165, 1.54) is 44.9 Å². The van der Waals surface area contributed by atoms with Crippen LogP contribution in [0.2, 0.25) is 0 Å². The van der Waals surface area contributed by atoms with Crippen molar-refractivity contribution in [1.82, 2.24) is 10.3 Å². The summed E-state index contributed by atoms with van der Waals surface area (Å²) >= 11 is 0. The van der Waals surface area contributed by atoms with Gasteiger partial charge in [0.1, 0.15) is 5.76 Å². The van der Waals surface area contributed by atoms with Crippen LogP contribution in [0.15, 0.2) is 10.6 Å². The fourth-order valence-electron chi connectivity index (χ4n) is 3.67. The van der Waals surface area contributed by atoms with Crippen molar-refractivity contribution in [3.63, 3.8) is 0 Å². The second-order valence-electron chi connectivity index (χ2n) is 5.97. The molecule has 2 aliphatic carbocycles. The Kier molecular flexibility index (Phi) is 3.42. The molecule has 3 heteroatoms. The third kappa shape index (κ3) is 2.20. The molecular weight excluding hydrogens is 224 g/mol. The highest BCUT2D eigenvalue weighted by Gasteiger charge is 2.46. The molecule has 3 rings (SSSR count). The highest BCUT2D eigenvalue weighted by molar-refractivity contribution is 5.02. The topological polar surface area (TPSA) is 38.1 Å². The Bertz CT molecular complexity index is 393. The number of hydrogen-bond donors (Lipinski definition) is 1. The molecule has 1 N–H and O–H groups in total. The lowest BCUT2D eigenvalue weighted by molar-refractivity contribution is 0.0209. The minimum Gasteiger partial charge on any atom is -0.444 e. The first-order chi connectivity index (χ1) is 8.82. The molecule has 1 heterocycles. The van der Waals surface area contributed by atoms with Gasteiger partial charge in [-0.05, 0) is 31.1 Å². The fraction of sp³-hybridized carbons (Fsp3) is 0.800. The van der Waals surface area contributed by atoms with E-state index in [0.717, 1.165) is 24.6 Å². The van der Waals surface area contributed by atoms with Gasteiger partial charge in [0, 0.05) is 12.5 Å². The smallest absolute Gasteiger partial charge is 0.208 e. The van der Waals surface area contributed by atoms with Crippen LogP contribution in [0.5, 0.6) is 0 Å². The van der Waals surface area contributed by atoms with Gasteiger partial charge in [-0.25, -0.2) is 4.98 Å². The Morgan fingerprint density at radius 2 is 2.17 bits per heavy atom. The number of oxazole rings is 1. The summed E-state index contributed by atoms with van der Waals surface area (Å²) in [7, 11) is 0. The van der Waals surface area contributed by atoms with E-state index in [9.17, 15) is 0 Å². The van der Waals surface area contributed by atoms with Crippen LogP contribution < -0.4 is 5.32 Å². The van der Waals surface area contributed by atoms with Gasteiger partial charge >= 0.3 is 0 Å². The highest BCUT2D eigenvalue weighted by atomic mass is 16.4. The van der Waals surface area contributed by atoms with Crippen molar-refractivity contribution in [2.45, 2.75) is 70.9 Å². The molecule has 1 atom stereocenters. The maximum atomic E-state index is 5.65. The molecule has 0 amide bonds. The second-order valence-corrected chi connectivity index (χ2v) is 5.97. The van der Waals surface area contributed by atoms with Gasteiger partial charge in [-0.2, -0.15) is 0 Å². The number of aromatic nitrogens is 1. The van der Waals surface area contributed by atoms with Crippen LogP contribution >= 0.6 is 0 Å². The van der Waals surface area contributed by atoms with E-state index in [2.05, 4.69) is 17.2 Å². The number of aryl methyl sites for hydroxylation is 1. The molecule has 1 spiro atoms. The zero-order valence-electron chi connectivity index (χ0n) is 11.4. The molecule has 0 aromatic carbocycles. The van der Waals surface area contributed by atoms with E-state index in [4.69, 9.17) is 4.42 Å². The Labute approximate surface area is 109 Å². The third-order valence-electron chi connectivity index (χ3n) is 4.97. The minimum atomic E-state index is 0.623. The number of hydrogen-bond acceptors (Lipinski definition) is 3. The molecule has 2 aliphatic rings. The molecule has 3 nitrogen and oxygen atoms in total. The molecule has 0 aliphatic heterocycles. The van der Waals surface area contributed by atoms with Crippen LogP contribution in [-0.4, -0.2) is 11.0 Å². The molecule has 1 unspecified atom stereocenters. The van der Waals surface area contributed by atoms with Gasteiger partial charge in [-0.1, -0.05) is 26.2 Å². The Balaban J connectivity index is 1.54. The lowest BCUT2D eigenvalue weighted by Gasteiger charge is -2.52. The van der Waals surface area contributed by atoms with Crippen molar-refractivity contribution in [3.8, 4) is 0 Å². The van der Waals surface area contributed by atoms with Crippen molar-refractivity contribution in [2.75, 3.05) is 0 Å². The predicted molar refractivity (Wildman–Crippen MR) is 71.3 cm³/mol. The molecule has 0 saturated heterocycles. The maximum absolute atomic E-state index is 5.65. The lowest BCUT2D eigenvalue weighted by atomic mass is 9.57. The average Bonchev–Trinajstić information content (AvgIpc) is 2.87. The molecule has 1 aromatic heterocycles. The number of nitrogens with one attached hydrogen (secondary N) is 1. The standard InChI is InChI=1S/C15H24N2O/c1-2-12-10-17-14(18-12)11-16-13-6-9-15(13)7-4-3-5-8-15/h10,13,16H,2-9,11H2,1H3. The zero-order chi connectivity index (χ0) is 12.4. The SMILES string of the molecule is CCc1cnc(CNC2CCC23CCCCC3)o1. The molecule has 0 radical (unpaired) electrons. The first-order valence-corrected chi connectivity index (χ1v) is 7.49. The Morgan fingerprint density at radius 3 is 2.78 bits per heavy atom. The molecular formula is C15H24N2O. The molecule has 2 saturated carbocycles. The maximum Gasteiger partial charge on any atom is 0.208 e. The lowest BCUT2D eigenvalue weighted by Crippen LogP contribution is -2.54. The van der Waals surface area contributed by atoms with Gasteiger partial charge in [0.2, 0.25) is 5.89 Å².